The van der Waals surface area contributed by atoms with Crippen LogP contribution < -0.4 is 0 Å². The number of rotatable bonds is 5. The van der Waals surface area contributed by atoms with E-state index >= 15 is 0 Å². The van der Waals surface area contributed by atoms with Crippen molar-refractivity contribution in [2.45, 2.75) is 12.8 Å². The number of aromatic nitrogens is 4. The zero-order valence-electron chi connectivity index (χ0n) is 10.3. The van der Waals surface area contributed by atoms with Gasteiger partial charge in [-0.15, -0.1) is 10.2 Å². The van der Waals surface area contributed by atoms with E-state index in [1.165, 1.54) is 4.80 Å². The van der Waals surface area contributed by atoms with Crippen LogP contribution in [0, 0.1) is 5.92 Å². The first-order valence-corrected chi connectivity index (χ1v) is 6.54. The van der Waals surface area contributed by atoms with E-state index in [-0.39, 0.29) is 6.42 Å². The molecule has 1 heterocycles. The van der Waals surface area contributed by atoms with E-state index in [2.05, 4.69) is 31.3 Å². The van der Waals surface area contributed by atoms with Gasteiger partial charge in [-0.3, -0.25) is 4.79 Å². The van der Waals surface area contributed by atoms with Crippen LogP contribution in [0.3, 0.4) is 0 Å². The van der Waals surface area contributed by atoms with Crippen molar-refractivity contribution in [2.24, 2.45) is 13.0 Å². The van der Waals surface area contributed by atoms with Gasteiger partial charge in [0, 0.05) is 10.9 Å². The fraction of sp³-hybridized carbons (Fsp3) is 0.333. The summed E-state index contributed by atoms with van der Waals surface area (Å²) >= 11 is 3.37. The number of carbonyl (C=O) groups is 1. The molecule has 6 nitrogen and oxygen atoms in total. The van der Waals surface area contributed by atoms with Crippen LogP contribution >= 0.6 is 15.9 Å². The van der Waals surface area contributed by atoms with E-state index in [9.17, 15) is 9.90 Å². The maximum absolute atomic E-state index is 11.3. The van der Waals surface area contributed by atoms with E-state index in [0.717, 1.165) is 10.0 Å². The van der Waals surface area contributed by atoms with Crippen LogP contribution in [0.15, 0.2) is 28.7 Å². The third-order valence-electron chi connectivity index (χ3n) is 2.70. The number of hydrogen-bond donors (Lipinski definition) is 1. The minimum atomic E-state index is -0.854. The summed E-state index contributed by atoms with van der Waals surface area (Å²) in [7, 11) is 1.65. The monoisotopic (exact) mass is 324 g/mol. The molecule has 0 aliphatic carbocycles. The highest BCUT2D eigenvalue weighted by atomic mass is 79.9. The molecule has 2 aromatic rings. The number of carboxylic acid groups (broad SMARTS) is 1. The van der Waals surface area contributed by atoms with Crippen molar-refractivity contribution in [2.75, 3.05) is 0 Å². The van der Waals surface area contributed by atoms with Crippen molar-refractivity contribution in [3.05, 3.63) is 40.1 Å². The predicted octanol–water partition coefficient (Wildman–Crippen LogP) is 1.46. The van der Waals surface area contributed by atoms with Crippen LogP contribution in [-0.4, -0.2) is 31.3 Å². The Morgan fingerprint density at radius 3 is 2.84 bits per heavy atom. The molecule has 100 valence electrons. The molecule has 0 aliphatic heterocycles. The standard InChI is InChI=1S/C12H13BrN4O2/c1-17-15-11(14-16-17)7-9(12(18)19)5-8-3-2-4-10(13)6-8/h2-4,6,9H,5,7H2,1H3,(H,18,19). The summed E-state index contributed by atoms with van der Waals surface area (Å²) in [6.45, 7) is 0. The minimum absolute atomic E-state index is 0.273. The van der Waals surface area contributed by atoms with Gasteiger partial charge in [-0.05, 0) is 29.3 Å². The van der Waals surface area contributed by atoms with Gasteiger partial charge in [0.25, 0.3) is 0 Å². The lowest BCUT2D eigenvalue weighted by Gasteiger charge is -2.10. The van der Waals surface area contributed by atoms with Crippen molar-refractivity contribution >= 4 is 21.9 Å². The molecule has 19 heavy (non-hydrogen) atoms. The van der Waals surface area contributed by atoms with Gasteiger partial charge in [-0.2, -0.15) is 4.80 Å². The zero-order valence-corrected chi connectivity index (χ0v) is 11.9. The second kappa shape index (κ2) is 5.92. The topological polar surface area (TPSA) is 80.9 Å². The average Bonchev–Trinajstić information content (AvgIpc) is 2.74. The summed E-state index contributed by atoms with van der Waals surface area (Å²) in [5, 5.41) is 20.8. The summed E-state index contributed by atoms with van der Waals surface area (Å²) < 4.78 is 0.937. The van der Waals surface area contributed by atoms with Crippen LogP contribution in [0.2, 0.25) is 0 Å². The van der Waals surface area contributed by atoms with Gasteiger partial charge < -0.3 is 5.11 Å². The molecule has 0 saturated carbocycles. The minimum Gasteiger partial charge on any atom is -0.481 e. The molecule has 1 unspecified atom stereocenters. The van der Waals surface area contributed by atoms with E-state index in [1.54, 1.807) is 7.05 Å². The fourth-order valence-corrected chi connectivity index (χ4v) is 2.27. The van der Waals surface area contributed by atoms with Gasteiger partial charge >= 0.3 is 5.97 Å². The van der Waals surface area contributed by atoms with E-state index in [1.807, 2.05) is 24.3 Å². The lowest BCUT2D eigenvalue weighted by atomic mass is 9.96. The number of nitrogens with zero attached hydrogens (tertiary/aromatic N) is 4. The predicted molar refractivity (Wildman–Crippen MR) is 71.5 cm³/mol. The Morgan fingerprint density at radius 2 is 2.26 bits per heavy atom. The summed E-state index contributed by atoms with van der Waals surface area (Å²) in [4.78, 5) is 12.6. The number of aliphatic carboxylic acids is 1. The molecule has 1 aromatic carbocycles. The molecule has 2 rings (SSSR count). The molecule has 0 bridgehead atoms. The highest BCUT2D eigenvalue weighted by Crippen LogP contribution is 2.17. The molecule has 0 aliphatic rings. The molecule has 1 atom stereocenters. The molecule has 1 N–H and O–H groups in total. The summed E-state index contributed by atoms with van der Waals surface area (Å²) in [5.41, 5.74) is 0.964. The van der Waals surface area contributed by atoms with Gasteiger partial charge in [0.15, 0.2) is 5.82 Å². The van der Waals surface area contributed by atoms with Crippen LogP contribution in [0.4, 0.5) is 0 Å². The smallest absolute Gasteiger partial charge is 0.307 e. The summed E-state index contributed by atoms with van der Waals surface area (Å²) in [6, 6.07) is 7.62. The molecular weight excluding hydrogens is 312 g/mol. The number of benzene rings is 1. The van der Waals surface area contributed by atoms with Crippen LogP contribution in [0.25, 0.3) is 0 Å². The second-order valence-corrected chi connectivity index (χ2v) is 5.18. The molecule has 7 heteroatoms. The van der Waals surface area contributed by atoms with Crippen molar-refractivity contribution in [3.8, 4) is 0 Å². The first-order valence-electron chi connectivity index (χ1n) is 5.74. The molecule has 0 saturated heterocycles. The SMILES string of the molecule is Cn1nnc(CC(Cc2cccc(Br)c2)C(=O)O)n1. The van der Waals surface area contributed by atoms with Crippen molar-refractivity contribution < 1.29 is 9.90 Å². The van der Waals surface area contributed by atoms with Crippen molar-refractivity contribution in [3.63, 3.8) is 0 Å². The first-order chi connectivity index (χ1) is 9.04. The molecule has 0 fully saturated rings. The Labute approximate surface area is 118 Å². The van der Waals surface area contributed by atoms with Crippen LogP contribution in [0.5, 0.6) is 0 Å². The normalized spacial score (nSPS) is 12.3. The lowest BCUT2D eigenvalue weighted by molar-refractivity contribution is -0.141. The lowest BCUT2D eigenvalue weighted by Crippen LogP contribution is -2.20. The van der Waals surface area contributed by atoms with Gasteiger partial charge in [-0.25, -0.2) is 0 Å². The maximum Gasteiger partial charge on any atom is 0.307 e. The zero-order chi connectivity index (χ0) is 13.8. The van der Waals surface area contributed by atoms with Gasteiger partial charge in [0.05, 0.1) is 13.0 Å². The largest absolute Gasteiger partial charge is 0.481 e. The van der Waals surface area contributed by atoms with Crippen molar-refractivity contribution in [1.82, 2.24) is 20.2 Å². The van der Waals surface area contributed by atoms with E-state index < -0.39 is 11.9 Å². The average molecular weight is 325 g/mol. The summed E-state index contributed by atoms with van der Waals surface area (Å²) in [5.74, 6) is -0.962. The fourth-order valence-electron chi connectivity index (χ4n) is 1.82. The third kappa shape index (κ3) is 3.85. The molecular formula is C12H13BrN4O2. The van der Waals surface area contributed by atoms with E-state index in [0.29, 0.717) is 12.2 Å². The molecule has 0 amide bonds. The van der Waals surface area contributed by atoms with Crippen LogP contribution in [-0.2, 0) is 24.7 Å². The summed E-state index contributed by atoms with van der Waals surface area (Å²) in [6.07, 6.45) is 0.711. The quantitative estimate of drug-likeness (QED) is 0.900. The van der Waals surface area contributed by atoms with Gasteiger partial charge in [0.1, 0.15) is 0 Å². The Bertz CT molecular complexity index is 585. The number of hydrogen-bond acceptors (Lipinski definition) is 4. The number of halogens is 1. The Morgan fingerprint density at radius 1 is 1.47 bits per heavy atom. The van der Waals surface area contributed by atoms with Gasteiger partial charge in [0.2, 0.25) is 0 Å². The number of tetrazole rings is 1. The second-order valence-electron chi connectivity index (χ2n) is 4.27. The number of aryl methyl sites for hydroxylation is 1. The highest BCUT2D eigenvalue weighted by Gasteiger charge is 2.21. The Kier molecular flexibility index (Phi) is 4.26. The Hall–Kier alpha value is -1.76. The number of carboxylic acids is 1. The molecule has 0 spiro atoms. The van der Waals surface area contributed by atoms with Gasteiger partial charge in [-0.1, -0.05) is 28.1 Å². The molecule has 1 aromatic heterocycles. The molecule has 0 radical (unpaired) electrons. The first kappa shape index (κ1) is 13.7. The maximum atomic E-state index is 11.3. The van der Waals surface area contributed by atoms with E-state index in [4.69, 9.17) is 0 Å². The highest BCUT2D eigenvalue weighted by molar-refractivity contribution is 9.10. The Balaban J connectivity index is 2.10. The van der Waals surface area contributed by atoms with Crippen molar-refractivity contribution in [1.29, 1.82) is 0 Å². The third-order valence-corrected chi connectivity index (χ3v) is 3.19. The van der Waals surface area contributed by atoms with Crippen LogP contribution in [0.1, 0.15) is 11.4 Å².